The molecule has 0 radical (unpaired) electrons. The lowest BCUT2D eigenvalue weighted by Gasteiger charge is -2.22. The van der Waals surface area contributed by atoms with Gasteiger partial charge in [-0.15, -0.1) is 0 Å². The van der Waals surface area contributed by atoms with Crippen molar-refractivity contribution in [2.24, 2.45) is 0 Å². The van der Waals surface area contributed by atoms with E-state index >= 15 is 0 Å². The van der Waals surface area contributed by atoms with Crippen LogP contribution in [-0.2, 0) is 17.7 Å². The van der Waals surface area contributed by atoms with Crippen LogP contribution in [0.5, 0.6) is 11.5 Å². The number of oxazole rings is 1. The van der Waals surface area contributed by atoms with Gasteiger partial charge in [-0.25, -0.2) is 9.78 Å². The fourth-order valence-corrected chi connectivity index (χ4v) is 4.94. The number of nitrogens with zero attached hydrogens (tertiary/aromatic N) is 2. The van der Waals surface area contributed by atoms with Crippen molar-refractivity contribution in [3.63, 3.8) is 0 Å². The Labute approximate surface area is 184 Å². The molecule has 0 amide bonds. The summed E-state index contributed by atoms with van der Waals surface area (Å²) in [7, 11) is 0. The first-order valence-electron chi connectivity index (χ1n) is 10.8. The maximum atomic E-state index is 13.4. The number of ether oxygens (including phenoxy) is 3. The van der Waals surface area contributed by atoms with E-state index in [0.717, 1.165) is 57.9 Å². The van der Waals surface area contributed by atoms with E-state index in [2.05, 4.69) is 9.55 Å². The SMILES string of the molecule is CCOC(=O)c1c(-c2cccc3ncoc23)c(C)n2c1-c1cc3c(cc1CC2)OC(C)O3. The zero-order chi connectivity index (χ0) is 22.0. The summed E-state index contributed by atoms with van der Waals surface area (Å²) in [5.74, 6) is 1.09. The Kier molecular flexibility index (Phi) is 4.08. The molecule has 0 saturated carbocycles. The number of para-hydroxylation sites is 1. The number of fused-ring (bicyclic) bond motifs is 5. The lowest BCUT2D eigenvalue weighted by molar-refractivity contribution is 0.0527. The van der Waals surface area contributed by atoms with Crippen molar-refractivity contribution in [3.05, 3.63) is 53.5 Å². The van der Waals surface area contributed by atoms with Crippen molar-refractivity contribution < 1.29 is 23.4 Å². The molecule has 0 saturated heterocycles. The molecule has 2 aliphatic heterocycles. The van der Waals surface area contributed by atoms with Gasteiger partial charge in [0.25, 0.3) is 0 Å². The van der Waals surface area contributed by atoms with Crippen LogP contribution in [0.3, 0.4) is 0 Å². The van der Waals surface area contributed by atoms with Gasteiger partial charge in [0.2, 0.25) is 6.29 Å². The van der Waals surface area contributed by atoms with Gasteiger partial charge in [-0.05, 0) is 44.0 Å². The van der Waals surface area contributed by atoms with Crippen molar-refractivity contribution in [3.8, 4) is 33.9 Å². The fourth-order valence-electron chi connectivity index (χ4n) is 4.94. The number of aromatic nitrogens is 2. The Hall–Kier alpha value is -3.74. The molecule has 7 heteroatoms. The summed E-state index contributed by atoms with van der Waals surface area (Å²) in [4.78, 5) is 17.6. The smallest absolute Gasteiger partial charge is 0.340 e. The summed E-state index contributed by atoms with van der Waals surface area (Å²) < 4.78 is 25.1. The summed E-state index contributed by atoms with van der Waals surface area (Å²) in [6.07, 6.45) is 1.93. The van der Waals surface area contributed by atoms with Crippen molar-refractivity contribution in [1.82, 2.24) is 9.55 Å². The minimum Gasteiger partial charge on any atom is -0.462 e. The molecule has 6 rings (SSSR count). The van der Waals surface area contributed by atoms with E-state index in [0.29, 0.717) is 23.5 Å². The Bertz CT molecular complexity index is 1400. The molecule has 4 aromatic rings. The summed E-state index contributed by atoms with van der Waals surface area (Å²) >= 11 is 0. The minimum absolute atomic E-state index is 0.292. The lowest BCUT2D eigenvalue weighted by Crippen LogP contribution is -2.14. The zero-order valence-electron chi connectivity index (χ0n) is 18.1. The first-order valence-corrected chi connectivity index (χ1v) is 10.8. The maximum Gasteiger partial charge on any atom is 0.340 e. The largest absolute Gasteiger partial charge is 0.462 e. The molecule has 1 unspecified atom stereocenters. The van der Waals surface area contributed by atoms with Crippen LogP contribution in [0.2, 0.25) is 0 Å². The number of carbonyl (C=O) groups excluding carboxylic acids is 1. The molecule has 2 aromatic carbocycles. The number of esters is 1. The third-order valence-corrected chi connectivity index (χ3v) is 6.24. The lowest BCUT2D eigenvalue weighted by atomic mass is 9.93. The topological polar surface area (TPSA) is 75.7 Å². The first kappa shape index (κ1) is 19.0. The van der Waals surface area contributed by atoms with Crippen LogP contribution in [0.25, 0.3) is 33.5 Å². The molecule has 2 aliphatic rings. The van der Waals surface area contributed by atoms with Crippen LogP contribution >= 0.6 is 0 Å². The molecule has 0 bridgehead atoms. The standard InChI is InChI=1S/C25H22N2O5/c1-4-29-25(28)22-21(16-6-5-7-18-24(16)30-12-26-18)13(2)27-9-8-15-10-19-20(32-14(3)31-19)11-17(15)23(22)27/h5-7,10-12,14H,4,8-9H2,1-3H3. The van der Waals surface area contributed by atoms with Gasteiger partial charge in [0.15, 0.2) is 23.5 Å². The number of hydrogen-bond acceptors (Lipinski definition) is 6. The fraction of sp³-hybridized carbons (Fsp3) is 0.280. The number of rotatable bonds is 3. The van der Waals surface area contributed by atoms with Crippen LogP contribution in [0.1, 0.15) is 35.5 Å². The van der Waals surface area contributed by atoms with Gasteiger partial charge in [-0.1, -0.05) is 12.1 Å². The van der Waals surface area contributed by atoms with Gasteiger partial charge in [0.1, 0.15) is 5.52 Å². The second kappa shape index (κ2) is 6.88. The van der Waals surface area contributed by atoms with Crippen LogP contribution in [-0.4, -0.2) is 28.4 Å². The molecule has 0 spiro atoms. The molecule has 1 atom stereocenters. The number of hydrogen-bond donors (Lipinski definition) is 0. The quantitative estimate of drug-likeness (QED) is 0.420. The van der Waals surface area contributed by atoms with E-state index in [1.807, 2.05) is 51.1 Å². The maximum absolute atomic E-state index is 13.4. The number of carbonyl (C=O) groups is 1. The van der Waals surface area contributed by atoms with Gasteiger partial charge in [-0.2, -0.15) is 0 Å². The van der Waals surface area contributed by atoms with Gasteiger partial charge in [0.05, 0.1) is 17.9 Å². The van der Waals surface area contributed by atoms with E-state index < -0.39 is 0 Å². The van der Waals surface area contributed by atoms with E-state index in [1.54, 1.807) is 0 Å². The second-order valence-electron chi connectivity index (χ2n) is 8.07. The minimum atomic E-state index is -0.352. The van der Waals surface area contributed by atoms with Crippen LogP contribution in [0, 0.1) is 6.92 Å². The summed E-state index contributed by atoms with van der Waals surface area (Å²) in [6, 6.07) is 9.81. The molecule has 2 aromatic heterocycles. The molecule has 32 heavy (non-hydrogen) atoms. The third kappa shape index (κ3) is 2.60. The van der Waals surface area contributed by atoms with E-state index in [4.69, 9.17) is 18.6 Å². The van der Waals surface area contributed by atoms with Crippen molar-refractivity contribution in [2.45, 2.75) is 40.0 Å². The summed E-state index contributed by atoms with van der Waals surface area (Å²) in [6.45, 7) is 6.77. The molecule has 0 N–H and O–H groups in total. The highest BCUT2D eigenvalue weighted by Gasteiger charge is 2.34. The van der Waals surface area contributed by atoms with Crippen molar-refractivity contribution >= 4 is 17.1 Å². The number of benzene rings is 2. The summed E-state index contributed by atoms with van der Waals surface area (Å²) in [5.41, 5.74) is 7.53. The van der Waals surface area contributed by atoms with Gasteiger partial charge >= 0.3 is 5.97 Å². The molecule has 0 aliphatic carbocycles. The monoisotopic (exact) mass is 430 g/mol. The van der Waals surface area contributed by atoms with Gasteiger partial charge in [0, 0.05) is 35.9 Å². The van der Waals surface area contributed by atoms with Crippen LogP contribution in [0.4, 0.5) is 0 Å². The van der Waals surface area contributed by atoms with Crippen LogP contribution < -0.4 is 9.47 Å². The zero-order valence-corrected chi connectivity index (χ0v) is 18.1. The molecule has 4 heterocycles. The average Bonchev–Trinajstić information content (AvgIpc) is 3.47. The Balaban J connectivity index is 1.66. The molecule has 7 nitrogen and oxygen atoms in total. The molecule has 0 fully saturated rings. The number of aryl methyl sites for hydroxylation is 1. The molecular weight excluding hydrogens is 408 g/mol. The van der Waals surface area contributed by atoms with Crippen molar-refractivity contribution in [2.75, 3.05) is 6.61 Å². The third-order valence-electron chi connectivity index (χ3n) is 6.24. The van der Waals surface area contributed by atoms with E-state index in [1.165, 1.54) is 6.39 Å². The molecule has 162 valence electrons. The Morgan fingerprint density at radius 3 is 2.84 bits per heavy atom. The first-order chi connectivity index (χ1) is 15.6. The average molecular weight is 430 g/mol. The Morgan fingerprint density at radius 1 is 1.22 bits per heavy atom. The second-order valence-corrected chi connectivity index (χ2v) is 8.07. The van der Waals surface area contributed by atoms with E-state index in [9.17, 15) is 4.79 Å². The highest BCUT2D eigenvalue weighted by Crippen LogP contribution is 2.47. The highest BCUT2D eigenvalue weighted by atomic mass is 16.7. The normalized spacial score (nSPS) is 16.2. The van der Waals surface area contributed by atoms with Crippen molar-refractivity contribution in [1.29, 1.82) is 0 Å². The highest BCUT2D eigenvalue weighted by molar-refractivity contribution is 6.08. The summed E-state index contributed by atoms with van der Waals surface area (Å²) in [5, 5.41) is 0. The predicted octanol–water partition coefficient (Wildman–Crippen LogP) is 5.12. The van der Waals surface area contributed by atoms with Gasteiger partial charge < -0.3 is 23.2 Å². The van der Waals surface area contributed by atoms with Gasteiger partial charge in [-0.3, -0.25) is 0 Å². The Morgan fingerprint density at radius 2 is 2.03 bits per heavy atom. The van der Waals surface area contributed by atoms with E-state index in [-0.39, 0.29) is 12.3 Å². The predicted molar refractivity (Wildman–Crippen MR) is 118 cm³/mol. The molecular formula is C25H22N2O5. The van der Waals surface area contributed by atoms with Crippen LogP contribution in [0.15, 0.2) is 41.1 Å².